The highest BCUT2D eigenvalue weighted by Crippen LogP contribution is 2.25. The number of rotatable bonds is 7. The number of halogens is 1. The van der Waals surface area contributed by atoms with Crippen molar-refractivity contribution in [2.24, 2.45) is 0 Å². The molecule has 0 atom stereocenters. The Bertz CT molecular complexity index is 1270. The van der Waals surface area contributed by atoms with Crippen molar-refractivity contribution in [3.63, 3.8) is 0 Å². The quantitative estimate of drug-likeness (QED) is 0.514. The number of fused-ring (bicyclic) bond motifs is 1. The summed E-state index contributed by atoms with van der Waals surface area (Å²) in [5.74, 6) is -0.745. The summed E-state index contributed by atoms with van der Waals surface area (Å²) in [4.78, 5) is 27.5. The highest BCUT2D eigenvalue weighted by molar-refractivity contribution is 7.89. The van der Waals surface area contributed by atoms with E-state index in [0.29, 0.717) is 29.5 Å². The molecule has 1 aliphatic rings. The maximum atomic E-state index is 12.8. The molecule has 8 nitrogen and oxygen atoms in total. The number of amides is 1. The molecule has 1 saturated heterocycles. The molecule has 3 aromatic rings. The molecule has 1 fully saturated rings. The summed E-state index contributed by atoms with van der Waals surface area (Å²) in [7, 11) is -1.91. The van der Waals surface area contributed by atoms with Crippen LogP contribution < -0.4 is 5.76 Å². The van der Waals surface area contributed by atoms with Gasteiger partial charge in [0.15, 0.2) is 5.58 Å². The Morgan fingerprint density at radius 2 is 1.97 bits per heavy atom. The van der Waals surface area contributed by atoms with Crippen LogP contribution in [0.1, 0.15) is 24.1 Å². The van der Waals surface area contributed by atoms with E-state index in [9.17, 15) is 18.0 Å². The van der Waals surface area contributed by atoms with Gasteiger partial charge in [0.05, 0.1) is 21.3 Å². The predicted octanol–water partition coefficient (Wildman–Crippen LogP) is 3.14. The zero-order valence-corrected chi connectivity index (χ0v) is 19.3. The van der Waals surface area contributed by atoms with Gasteiger partial charge < -0.3 is 9.32 Å². The maximum absolute atomic E-state index is 12.8. The van der Waals surface area contributed by atoms with Gasteiger partial charge in [-0.2, -0.15) is 4.31 Å². The minimum atomic E-state index is -3.61. The third-order valence-corrected chi connectivity index (χ3v) is 8.45. The molecule has 31 heavy (non-hydrogen) atoms. The number of aryl methyl sites for hydroxylation is 1. The van der Waals surface area contributed by atoms with E-state index in [1.165, 1.54) is 32.3 Å². The minimum Gasteiger partial charge on any atom is -0.408 e. The van der Waals surface area contributed by atoms with Crippen LogP contribution in [-0.2, 0) is 27.9 Å². The second-order valence-corrected chi connectivity index (χ2v) is 11.2. The van der Waals surface area contributed by atoms with Crippen molar-refractivity contribution in [2.75, 3.05) is 20.1 Å². The number of sulfonamides is 1. The van der Waals surface area contributed by atoms with E-state index < -0.39 is 15.8 Å². The lowest BCUT2D eigenvalue weighted by atomic mass is 10.3. The Kier molecular flexibility index (Phi) is 6.25. The average molecular weight is 484 g/mol. The Balaban J connectivity index is 1.48. The Morgan fingerprint density at radius 3 is 2.65 bits per heavy atom. The molecule has 1 aliphatic heterocycles. The molecule has 1 amide bonds. The molecule has 1 aromatic carbocycles. The van der Waals surface area contributed by atoms with Gasteiger partial charge in [-0.15, -0.1) is 11.3 Å². The second kappa shape index (κ2) is 8.78. The summed E-state index contributed by atoms with van der Waals surface area (Å²) in [5.41, 5.74) is 0.658. The predicted molar refractivity (Wildman–Crippen MR) is 119 cm³/mol. The van der Waals surface area contributed by atoms with Crippen LogP contribution in [0.4, 0.5) is 0 Å². The summed E-state index contributed by atoms with van der Waals surface area (Å²) in [6.07, 6.45) is 1.79. The Hall–Kier alpha value is -2.14. The van der Waals surface area contributed by atoms with Gasteiger partial charge in [0, 0.05) is 44.0 Å². The third kappa shape index (κ3) is 4.57. The molecular formula is C20H22ClN3O5S2. The minimum absolute atomic E-state index is 0.105. The van der Waals surface area contributed by atoms with E-state index in [4.69, 9.17) is 16.0 Å². The van der Waals surface area contributed by atoms with Crippen molar-refractivity contribution >= 4 is 50.0 Å². The monoisotopic (exact) mass is 483 g/mol. The van der Waals surface area contributed by atoms with Crippen molar-refractivity contribution in [1.82, 2.24) is 13.8 Å². The van der Waals surface area contributed by atoms with Crippen LogP contribution in [0.25, 0.3) is 11.1 Å². The smallest absolute Gasteiger partial charge is 0.408 e. The van der Waals surface area contributed by atoms with E-state index in [0.717, 1.165) is 17.7 Å². The highest BCUT2D eigenvalue weighted by atomic mass is 35.5. The first-order valence-electron chi connectivity index (χ1n) is 9.87. The number of oxazole rings is 1. The van der Waals surface area contributed by atoms with Crippen LogP contribution in [0, 0.1) is 0 Å². The fraction of sp³-hybridized carbons (Fsp3) is 0.400. The van der Waals surface area contributed by atoms with Gasteiger partial charge in [-0.1, -0.05) is 11.6 Å². The summed E-state index contributed by atoms with van der Waals surface area (Å²) in [6.45, 7) is 1.57. The van der Waals surface area contributed by atoms with Gasteiger partial charge in [0.2, 0.25) is 15.9 Å². The van der Waals surface area contributed by atoms with Crippen LogP contribution in [-0.4, -0.2) is 48.2 Å². The highest BCUT2D eigenvalue weighted by Gasteiger charge is 2.28. The standard InChI is InChI=1S/C20H22ClN3O5S2/c1-22(13-14-4-7-18(21)30-14)19(25)8-11-24-16-6-5-15(12-17(16)29-20(24)26)31(27,28)23-9-2-3-10-23/h4-7,12H,2-3,8-11,13H2,1H3. The van der Waals surface area contributed by atoms with Crippen LogP contribution in [0.3, 0.4) is 0 Å². The molecular weight excluding hydrogens is 462 g/mol. The number of carbonyl (C=O) groups excluding carboxylic acids is 1. The molecule has 0 radical (unpaired) electrons. The molecule has 0 unspecified atom stereocenters. The lowest BCUT2D eigenvalue weighted by Gasteiger charge is -2.16. The zero-order chi connectivity index (χ0) is 22.2. The fourth-order valence-electron chi connectivity index (χ4n) is 3.65. The van der Waals surface area contributed by atoms with Gasteiger partial charge in [-0.25, -0.2) is 13.2 Å². The number of hydrogen-bond donors (Lipinski definition) is 0. The van der Waals surface area contributed by atoms with Crippen molar-refractivity contribution in [2.45, 2.75) is 37.2 Å². The largest absolute Gasteiger partial charge is 0.419 e. The van der Waals surface area contributed by atoms with E-state index in [2.05, 4.69) is 0 Å². The number of carbonyl (C=O) groups is 1. The Labute approximate surface area is 188 Å². The Morgan fingerprint density at radius 1 is 1.23 bits per heavy atom. The third-order valence-electron chi connectivity index (χ3n) is 5.34. The number of aromatic nitrogens is 1. The first-order chi connectivity index (χ1) is 14.8. The normalized spacial score (nSPS) is 15.0. The van der Waals surface area contributed by atoms with Gasteiger partial charge in [0.1, 0.15) is 0 Å². The van der Waals surface area contributed by atoms with Crippen molar-refractivity contribution < 1.29 is 17.6 Å². The van der Waals surface area contributed by atoms with Crippen LogP contribution in [0.2, 0.25) is 4.34 Å². The average Bonchev–Trinajstić information content (AvgIpc) is 3.46. The lowest BCUT2D eigenvalue weighted by Crippen LogP contribution is -2.28. The molecule has 0 aliphatic carbocycles. The van der Waals surface area contributed by atoms with Gasteiger partial charge in [-0.3, -0.25) is 9.36 Å². The maximum Gasteiger partial charge on any atom is 0.419 e. The van der Waals surface area contributed by atoms with Gasteiger partial charge >= 0.3 is 5.76 Å². The number of hydrogen-bond acceptors (Lipinski definition) is 6. The van der Waals surface area contributed by atoms with Gasteiger partial charge in [0.25, 0.3) is 0 Å². The fourth-order valence-corrected chi connectivity index (χ4v) is 6.33. The molecule has 11 heteroatoms. The molecule has 0 N–H and O–H groups in total. The van der Waals surface area contributed by atoms with E-state index in [1.54, 1.807) is 24.1 Å². The first-order valence-corrected chi connectivity index (χ1v) is 12.5. The summed E-state index contributed by atoms with van der Waals surface area (Å²) in [5, 5.41) is 0. The van der Waals surface area contributed by atoms with Crippen LogP contribution in [0.15, 0.2) is 44.4 Å². The molecule has 0 bridgehead atoms. The lowest BCUT2D eigenvalue weighted by molar-refractivity contribution is -0.130. The van der Waals surface area contributed by atoms with Crippen molar-refractivity contribution in [3.05, 3.63) is 50.1 Å². The summed E-state index contributed by atoms with van der Waals surface area (Å²) < 4.78 is 34.2. The van der Waals surface area contributed by atoms with Crippen LogP contribution in [0.5, 0.6) is 0 Å². The molecule has 2 aromatic heterocycles. The summed E-state index contributed by atoms with van der Waals surface area (Å²) >= 11 is 7.34. The topological polar surface area (TPSA) is 92.8 Å². The van der Waals surface area contributed by atoms with E-state index in [1.807, 2.05) is 6.07 Å². The zero-order valence-electron chi connectivity index (χ0n) is 16.9. The number of benzene rings is 1. The van der Waals surface area contributed by atoms with E-state index >= 15 is 0 Å². The summed E-state index contributed by atoms with van der Waals surface area (Å²) in [6, 6.07) is 8.09. The van der Waals surface area contributed by atoms with Gasteiger partial charge in [-0.05, 0) is 37.1 Å². The SMILES string of the molecule is CN(Cc1ccc(Cl)s1)C(=O)CCn1c(=O)oc2cc(S(=O)(=O)N3CCCC3)ccc21. The molecule has 0 saturated carbocycles. The number of thiophene rings is 1. The molecule has 166 valence electrons. The second-order valence-electron chi connectivity index (χ2n) is 7.47. The molecule has 4 rings (SSSR count). The van der Waals surface area contributed by atoms with Crippen LogP contribution >= 0.6 is 22.9 Å². The van der Waals surface area contributed by atoms with E-state index in [-0.39, 0.29) is 29.4 Å². The number of nitrogens with zero attached hydrogens (tertiary/aromatic N) is 3. The molecule has 0 spiro atoms. The first kappa shape index (κ1) is 22.1. The molecule has 3 heterocycles. The van der Waals surface area contributed by atoms with Crippen molar-refractivity contribution in [1.29, 1.82) is 0 Å². The van der Waals surface area contributed by atoms with Crippen molar-refractivity contribution in [3.8, 4) is 0 Å².